The highest BCUT2D eigenvalue weighted by Crippen LogP contribution is 2.55. The number of rotatable bonds is 10. The van der Waals surface area contributed by atoms with Crippen molar-refractivity contribution in [3.05, 3.63) is 94.5 Å². The molecule has 0 aromatic heterocycles. The van der Waals surface area contributed by atoms with Gasteiger partial charge < -0.3 is 4.84 Å². The normalized spacial score (nSPS) is 18.5. The largest absolute Gasteiger partial charge is 0.332 e. The van der Waals surface area contributed by atoms with E-state index < -0.39 is 5.97 Å². The number of aryl methyl sites for hydroxylation is 1. The van der Waals surface area contributed by atoms with Gasteiger partial charge >= 0.3 is 5.97 Å². The van der Waals surface area contributed by atoms with E-state index >= 15 is 0 Å². The molecule has 4 nitrogen and oxygen atoms in total. The van der Waals surface area contributed by atoms with Gasteiger partial charge in [0, 0.05) is 23.5 Å². The van der Waals surface area contributed by atoms with Crippen molar-refractivity contribution in [3.63, 3.8) is 0 Å². The maximum Gasteiger partial charge on any atom is 0.332 e. The smallest absolute Gasteiger partial charge is 0.318 e. The van der Waals surface area contributed by atoms with E-state index in [0.29, 0.717) is 11.1 Å². The SMILES string of the molecule is CC(=O)O/N=C(/C(=O)c1ccc2c(c1)C(CCC1CCCCC1)(CCC1CCCCC1)c1ccccc1-2)c1ccccc1C. The number of hydrogen-bond donors (Lipinski definition) is 0. The fourth-order valence-corrected chi connectivity index (χ4v) is 8.41. The molecular weight excluding hydrogens is 542 g/mol. The van der Waals surface area contributed by atoms with E-state index in [1.807, 2.05) is 37.3 Å². The van der Waals surface area contributed by atoms with Crippen LogP contribution in [0.3, 0.4) is 0 Å². The Morgan fingerprint density at radius 2 is 1.34 bits per heavy atom. The van der Waals surface area contributed by atoms with Crippen LogP contribution in [0.5, 0.6) is 0 Å². The van der Waals surface area contributed by atoms with E-state index in [9.17, 15) is 9.59 Å². The summed E-state index contributed by atoms with van der Waals surface area (Å²) >= 11 is 0. The van der Waals surface area contributed by atoms with E-state index in [0.717, 1.165) is 30.2 Å². The third kappa shape index (κ3) is 6.32. The number of carbonyl (C=O) groups excluding carboxylic acids is 2. The van der Waals surface area contributed by atoms with Crippen LogP contribution in [-0.4, -0.2) is 17.5 Å². The number of fused-ring (bicyclic) bond motifs is 3. The number of benzene rings is 3. The molecule has 0 aliphatic heterocycles. The number of nitrogens with zero attached hydrogens (tertiary/aromatic N) is 1. The summed E-state index contributed by atoms with van der Waals surface area (Å²) in [6, 6.07) is 22.9. The van der Waals surface area contributed by atoms with Gasteiger partial charge in [-0.3, -0.25) is 4.79 Å². The van der Waals surface area contributed by atoms with E-state index in [2.05, 4.69) is 41.6 Å². The first-order chi connectivity index (χ1) is 21.5. The van der Waals surface area contributed by atoms with Crippen molar-refractivity contribution in [2.75, 3.05) is 0 Å². The predicted octanol–water partition coefficient (Wildman–Crippen LogP) is 10.1. The molecule has 0 radical (unpaired) electrons. The minimum Gasteiger partial charge on any atom is -0.318 e. The lowest BCUT2D eigenvalue weighted by Crippen LogP contribution is -2.28. The molecule has 0 bridgehead atoms. The Balaban J connectivity index is 1.42. The fourth-order valence-electron chi connectivity index (χ4n) is 8.41. The van der Waals surface area contributed by atoms with Gasteiger partial charge in [-0.05, 0) is 78.3 Å². The maximum absolute atomic E-state index is 14.3. The van der Waals surface area contributed by atoms with Gasteiger partial charge in [0.1, 0.15) is 0 Å². The molecule has 2 fully saturated rings. The standard InChI is InChI=1S/C40H47NO3/c1-28-13-9-10-18-33(28)38(41-44-29(2)42)39(43)32-21-22-35-34-19-11-12-20-36(34)40(37(35)27-32,25-23-30-14-5-3-6-15-30)26-24-31-16-7-4-8-17-31/h9-13,18-22,27,30-31H,3-8,14-17,23-26H2,1-2H3/b41-38+. The van der Waals surface area contributed by atoms with Gasteiger partial charge in [0.25, 0.3) is 0 Å². The highest BCUT2D eigenvalue weighted by Gasteiger charge is 2.43. The van der Waals surface area contributed by atoms with Gasteiger partial charge in [-0.25, -0.2) is 4.79 Å². The molecule has 0 unspecified atom stereocenters. The summed E-state index contributed by atoms with van der Waals surface area (Å²) in [5.74, 6) is 0.824. The van der Waals surface area contributed by atoms with Crippen LogP contribution in [0.15, 0.2) is 71.9 Å². The van der Waals surface area contributed by atoms with E-state index in [-0.39, 0.29) is 16.9 Å². The number of hydrogen-bond acceptors (Lipinski definition) is 4. The van der Waals surface area contributed by atoms with Crippen molar-refractivity contribution in [2.45, 2.75) is 109 Å². The highest BCUT2D eigenvalue weighted by molar-refractivity contribution is 6.51. The quantitative estimate of drug-likeness (QED) is 0.102. The molecule has 2 saturated carbocycles. The van der Waals surface area contributed by atoms with Crippen LogP contribution in [0.1, 0.15) is 129 Å². The lowest BCUT2D eigenvalue weighted by Gasteiger charge is -2.36. The molecule has 6 rings (SSSR count). The van der Waals surface area contributed by atoms with Gasteiger partial charge in [-0.2, -0.15) is 0 Å². The van der Waals surface area contributed by atoms with E-state index in [4.69, 9.17) is 4.84 Å². The Bertz CT molecular complexity index is 1500. The summed E-state index contributed by atoms with van der Waals surface area (Å²) < 4.78 is 0. The summed E-state index contributed by atoms with van der Waals surface area (Å²) in [6.07, 6.45) is 18.3. The lowest BCUT2D eigenvalue weighted by molar-refractivity contribution is -0.140. The molecule has 3 aromatic rings. The second kappa shape index (κ2) is 13.6. The molecule has 3 aliphatic rings. The zero-order valence-corrected chi connectivity index (χ0v) is 26.6. The zero-order valence-electron chi connectivity index (χ0n) is 26.6. The number of oxime groups is 1. The second-order valence-corrected chi connectivity index (χ2v) is 13.6. The summed E-state index contributed by atoms with van der Waals surface area (Å²) in [5.41, 5.74) is 7.59. The first-order valence-electron chi connectivity index (χ1n) is 17.1. The topological polar surface area (TPSA) is 55.7 Å². The van der Waals surface area contributed by atoms with Gasteiger partial charge in [-0.15, -0.1) is 0 Å². The molecule has 44 heavy (non-hydrogen) atoms. The maximum atomic E-state index is 14.3. The Hall–Kier alpha value is -3.53. The van der Waals surface area contributed by atoms with Crippen LogP contribution in [0.4, 0.5) is 0 Å². The van der Waals surface area contributed by atoms with Crippen molar-refractivity contribution in [3.8, 4) is 11.1 Å². The average molecular weight is 590 g/mol. The van der Waals surface area contributed by atoms with Crippen molar-refractivity contribution < 1.29 is 14.4 Å². The molecule has 0 saturated heterocycles. The molecule has 0 amide bonds. The van der Waals surface area contributed by atoms with E-state index in [1.165, 1.54) is 106 Å². The fraction of sp³-hybridized carbons (Fsp3) is 0.475. The van der Waals surface area contributed by atoms with Crippen LogP contribution < -0.4 is 0 Å². The Labute approximate surface area is 263 Å². The minimum absolute atomic E-state index is 0.104. The molecule has 3 aliphatic carbocycles. The monoisotopic (exact) mass is 589 g/mol. The number of ketones is 1. The Morgan fingerprint density at radius 3 is 1.98 bits per heavy atom. The second-order valence-electron chi connectivity index (χ2n) is 13.6. The number of carbonyl (C=O) groups is 2. The molecule has 0 spiro atoms. The highest BCUT2D eigenvalue weighted by atomic mass is 16.7. The van der Waals surface area contributed by atoms with E-state index in [1.54, 1.807) is 0 Å². The van der Waals surface area contributed by atoms with Crippen molar-refractivity contribution in [1.82, 2.24) is 0 Å². The van der Waals surface area contributed by atoms with Crippen LogP contribution in [0, 0.1) is 18.8 Å². The van der Waals surface area contributed by atoms with Crippen LogP contribution in [-0.2, 0) is 15.0 Å². The van der Waals surface area contributed by atoms with Crippen LogP contribution in [0.2, 0.25) is 0 Å². The third-order valence-electron chi connectivity index (χ3n) is 10.8. The van der Waals surface area contributed by atoms with Crippen molar-refractivity contribution in [2.24, 2.45) is 17.0 Å². The Morgan fingerprint density at radius 1 is 0.750 bits per heavy atom. The molecule has 3 aromatic carbocycles. The number of Topliss-reactive ketones (excluding diaryl/α,β-unsaturated/α-hetero) is 1. The van der Waals surface area contributed by atoms with Gasteiger partial charge in [0.2, 0.25) is 5.78 Å². The van der Waals surface area contributed by atoms with Crippen LogP contribution >= 0.6 is 0 Å². The Kier molecular flexibility index (Phi) is 9.44. The molecule has 0 heterocycles. The third-order valence-corrected chi connectivity index (χ3v) is 10.8. The molecule has 4 heteroatoms. The average Bonchev–Trinajstić information content (AvgIpc) is 3.33. The predicted molar refractivity (Wildman–Crippen MR) is 178 cm³/mol. The summed E-state index contributed by atoms with van der Waals surface area (Å²) in [4.78, 5) is 31.1. The lowest BCUT2D eigenvalue weighted by atomic mass is 9.67. The zero-order chi connectivity index (χ0) is 30.5. The summed E-state index contributed by atoms with van der Waals surface area (Å²) in [5, 5.41) is 4.11. The van der Waals surface area contributed by atoms with Gasteiger partial charge in [-0.1, -0.05) is 130 Å². The van der Waals surface area contributed by atoms with Crippen LogP contribution in [0.25, 0.3) is 11.1 Å². The van der Waals surface area contributed by atoms with Gasteiger partial charge in [0.15, 0.2) is 5.71 Å². The molecule has 0 N–H and O–H groups in total. The van der Waals surface area contributed by atoms with Gasteiger partial charge in [0.05, 0.1) is 0 Å². The van der Waals surface area contributed by atoms with Crippen molar-refractivity contribution >= 4 is 17.5 Å². The van der Waals surface area contributed by atoms with Crippen molar-refractivity contribution in [1.29, 1.82) is 0 Å². The molecular formula is C40H47NO3. The molecule has 0 atom stereocenters. The first-order valence-corrected chi connectivity index (χ1v) is 17.1. The minimum atomic E-state index is -0.544. The summed E-state index contributed by atoms with van der Waals surface area (Å²) in [7, 11) is 0. The summed E-state index contributed by atoms with van der Waals surface area (Å²) in [6.45, 7) is 3.26. The first kappa shape index (κ1) is 30.5. The molecule has 230 valence electrons.